The molecule has 2 aromatic carbocycles. The van der Waals surface area contributed by atoms with Crippen LogP contribution in [-0.4, -0.2) is 39.4 Å². The molecule has 1 aliphatic carbocycles. The number of fused-ring (bicyclic) bond motifs is 3. The number of carbonyl (C=O) groups is 2. The van der Waals surface area contributed by atoms with Gasteiger partial charge >= 0.3 is 0 Å². The van der Waals surface area contributed by atoms with Crippen molar-refractivity contribution in [2.45, 2.75) is 70.0 Å². The topological polar surface area (TPSA) is 54.3 Å². The van der Waals surface area contributed by atoms with Gasteiger partial charge in [0.2, 0.25) is 5.91 Å². The number of nitrogens with one attached hydrogen (secondary N) is 1. The van der Waals surface area contributed by atoms with E-state index in [2.05, 4.69) is 5.32 Å². The van der Waals surface area contributed by atoms with Crippen molar-refractivity contribution in [3.05, 3.63) is 70.9 Å². The van der Waals surface area contributed by atoms with Crippen LogP contribution in [0, 0.1) is 0 Å². The maximum Gasteiger partial charge on any atom is 0.271 e. The Balaban J connectivity index is 1.47. The van der Waals surface area contributed by atoms with Gasteiger partial charge < -0.3 is 14.8 Å². The predicted molar refractivity (Wildman–Crippen MR) is 136 cm³/mol. The van der Waals surface area contributed by atoms with E-state index in [1.807, 2.05) is 66.1 Å². The first-order chi connectivity index (χ1) is 16.5. The Morgan fingerprint density at radius 1 is 1.06 bits per heavy atom. The predicted octanol–water partition coefficient (Wildman–Crippen LogP) is 5.59. The van der Waals surface area contributed by atoms with E-state index in [1.165, 1.54) is 12.8 Å². The van der Waals surface area contributed by atoms with Crippen LogP contribution in [0.15, 0.2) is 54.6 Å². The third kappa shape index (κ3) is 4.34. The number of aromatic nitrogens is 1. The summed E-state index contributed by atoms with van der Waals surface area (Å²) in [6.07, 6.45) is 7.44. The van der Waals surface area contributed by atoms with Crippen molar-refractivity contribution in [1.29, 1.82) is 0 Å². The summed E-state index contributed by atoms with van der Waals surface area (Å²) >= 11 is 6.05. The summed E-state index contributed by atoms with van der Waals surface area (Å²) in [5.74, 6) is -0.137. The van der Waals surface area contributed by atoms with Crippen LogP contribution in [0.1, 0.15) is 61.5 Å². The highest BCUT2D eigenvalue weighted by Crippen LogP contribution is 2.33. The number of para-hydroxylation sites is 1. The summed E-state index contributed by atoms with van der Waals surface area (Å²) in [5, 5.41) is 5.05. The second kappa shape index (κ2) is 9.46. The van der Waals surface area contributed by atoms with Crippen LogP contribution in [0.4, 0.5) is 0 Å². The van der Waals surface area contributed by atoms with Gasteiger partial charge in [0.15, 0.2) is 0 Å². The second-order valence-corrected chi connectivity index (χ2v) is 10.4. The average molecular weight is 478 g/mol. The van der Waals surface area contributed by atoms with Crippen LogP contribution in [0.5, 0.6) is 0 Å². The SMILES string of the molecule is C[C@@]1(C(=O)NC2CCCCCC2)Cn2c(cc3ccccc32)C(=O)N1CCc1ccc(Cl)cc1. The molecule has 34 heavy (non-hydrogen) atoms. The van der Waals surface area contributed by atoms with Gasteiger partial charge in [-0.1, -0.05) is 67.6 Å². The third-order valence-electron chi connectivity index (χ3n) is 7.55. The van der Waals surface area contributed by atoms with Gasteiger partial charge in [0.05, 0.1) is 6.54 Å². The monoisotopic (exact) mass is 477 g/mol. The van der Waals surface area contributed by atoms with Gasteiger partial charge in [-0.05, 0) is 56.0 Å². The summed E-state index contributed by atoms with van der Waals surface area (Å²) < 4.78 is 2.03. The van der Waals surface area contributed by atoms with Crippen LogP contribution in [0.2, 0.25) is 5.02 Å². The molecule has 0 radical (unpaired) electrons. The van der Waals surface area contributed by atoms with E-state index in [0.29, 0.717) is 30.2 Å². The normalized spacial score (nSPS) is 21.4. The summed E-state index contributed by atoms with van der Waals surface area (Å²) in [4.78, 5) is 29.5. The molecule has 2 aliphatic rings. The molecule has 5 nitrogen and oxygen atoms in total. The molecule has 2 heterocycles. The lowest BCUT2D eigenvalue weighted by Crippen LogP contribution is -2.65. The minimum Gasteiger partial charge on any atom is -0.351 e. The Bertz CT molecular complexity index is 1190. The van der Waals surface area contributed by atoms with Crippen LogP contribution < -0.4 is 5.32 Å². The van der Waals surface area contributed by atoms with Crippen LogP contribution in [0.25, 0.3) is 10.9 Å². The molecular weight excluding hydrogens is 446 g/mol. The summed E-state index contributed by atoms with van der Waals surface area (Å²) in [7, 11) is 0. The minimum absolute atomic E-state index is 0.0488. The molecule has 178 valence electrons. The standard InChI is InChI=1S/C28H32ClN3O2/c1-28(27(34)30-23-9-4-2-3-5-10-23)19-31-24-11-7-6-8-21(24)18-25(31)26(33)32(28)17-16-20-12-14-22(29)15-13-20/h6-8,11-15,18,23H,2-5,9-10,16-17,19H2,1H3,(H,30,34)/t28-/m0/s1. The molecule has 0 bridgehead atoms. The molecule has 1 aliphatic heterocycles. The summed E-state index contributed by atoms with van der Waals surface area (Å²) in [6, 6.07) is 17.8. The van der Waals surface area contributed by atoms with Crippen molar-refractivity contribution >= 4 is 34.3 Å². The van der Waals surface area contributed by atoms with Crippen molar-refractivity contribution in [2.24, 2.45) is 0 Å². The number of halogens is 1. The molecule has 5 rings (SSSR count). The third-order valence-corrected chi connectivity index (χ3v) is 7.81. The molecule has 6 heteroatoms. The maximum absolute atomic E-state index is 13.8. The summed E-state index contributed by atoms with van der Waals surface area (Å²) in [5.41, 5.74) is 1.77. The quantitative estimate of drug-likeness (QED) is 0.487. The lowest BCUT2D eigenvalue weighted by Gasteiger charge is -2.44. The van der Waals surface area contributed by atoms with Crippen molar-refractivity contribution in [3.8, 4) is 0 Å². The van der Waals surface area contributed by atoms with E-state index < -0.39 is 5.54 Å². The minimum atomic E-state index is -0.968. The number of rotatable bonds is 5. The Kier molecular flexibility index (Phi) is 6.39. The molecule has 3 aromatic rings. The number of carbonyl (C=O) groups excluding carboxylic acids is 2. The Hall–Kier alpha value is -2.79. The zero-order valence-electron chi connectivity index (χ0n) is 19.7. The first kappa shape index (κ1) is 23.0. The molecule has 0 unspecified atom stereocenters. The van der Waals surface area contributed by atoms with E-state index in [4.69, 9.17) is 11.6 Å². The molecule has 2 amide bonds. The number of hydrogen-bond donors (Lipinski definition) is 1. The van der Waals surface area contributed by atoms with Crippen LogP contribution in [-0.2, 0) is 17.8 Å². The lowest BCUT2D eigenvalue weighted by atomic mass is 9.93. The van der Waals surface area contributed by atoms with Crippen LogP contribution >= 0.6 is 11.6 Å². The molecular formula is C28H32ClN3O2. The van der Waals surface area contributed by atoms with E-state index in [0.717, 1.165) is 42.1 Å². The smallest absolute Gasteiger partial charge is 0.271 e. The van der Waals surface area contributed by atoms with E-state index in [9.17, 15) is 9.59 Å². The van der Waals surface area contributed by atoms with Gasteiger partial charge in [-0.2, -0.15) is 0 Å². The number of nitrogens with zero attached hydrogens (tertiary/aromatic N) is 2. The molecule has 1 fully saturated rings. The summed E-state index contributed by atoms with van der Waals surface area (Å²) in [6.45, 7) is 2.84. The van der Waals surface area contributed by atoms with Crippen molar-refractivity contribution < 1.29 is 9.59 Å². The second-order valence-electron chi connectivity index (χ2n) is 9.94. The number of benzene rings is 2. The zero-order chi connectivity index (χ0) is 23.7. The van der Waals surface area contributed by atoms with Gasteiger partial charge in [0.25, 0.3) is 5.91 Å². The van der Waals surface area contributed by atoms with E-state index in [1.54, 1.807) is 4.90 Å². The highest BCUT2D eigenvalue weighted by Gasteiger charge is 2.47. The van der Waals surface area contributed by atoms with Gasteiger partial charge in [-0.3, -0.25) is 9.59 Å². The molecule has 0 saturated heterocycles. The lowest BCUT2D eigenvalue weighted by molar-refractivity contribution is -0.133. The highest BCUT2D eigenvalue weighted by atomic mass is 35.5. The average Bonchev–Trinajstić information content (AvgIpc) is 3.00. The van der Waals surface area contributed by atoms with Gasteiger partial charge in [-0.25, -0.2) is 0 Å². The zero-order valence-corrected chi connectivity index (χ0v) is 20.5. The number of amides is 2. The van der Waals surface area contributed by atoms with E-state index >= 15 is 0 Å². The van der Waals surface area contributed by atoms with E-state index in [-0.39, 0.29) is 17.9 Å². The van der Waals surface area contributed by atoms with Gasteiger partial charge in [0, 0.05) is 28.5 Å². The van der Waals surface area contributed by atoms with Crippen molar-refractivity contribution in [1.82, 2.24) is 14.8 Å². The largest absolute Gasteiger partial charge is 0.351 e. The first-order valence-electron chi connectivity index (χ1n) is 12.4. The Morgan fingerprint density at radius 2 is 1.76 bits per heavy atom. The first-order valence-corrected chi connectivity index (χ1v) is 12.8. The van der Waals surface area contributed by atoms with Crippen LogP contribution in [0.3, 0.4) is 0 Å². The fourth-order valence-corrected chi connectivity index (χ4v) is 5.64. The molecule has 0 spiro atoms. The molecule has 1 saturated carbocycles. The maximum atomic E-state index is 13.8. The Labute approximate surface area is 206 Å². The molecule has 1 N–H and O–H groups in total. The molecule has 1 aromatic heterocycles. The highest BCUT2D eigenvalue weighted by molar-refractivity contribution is 6.30. The van der Waals surface area contributed by atoms with Crippen molar-refractivity contribution in [2.75, 3.05) is 6.54 Å². The van der Waals surface area contributed by atoms with Crippen molar-refractivity contribution in [3.63, 3.8) is 0 Å². The Morgan fingerprint density at radius 3 is 2.50 bits per heavy atom. The van der Waals surface area contributed by atoms with Gasteiger partial charge in [-0.15, -0.1) is 0 Å². The fourth-order valence-electron chi connectivity index (χ4n) is 5.51. The number of hydrogen-bond acceptors (Lipinski definition) is 2. The van der Waals surface area contributed by atoms with Gasteiger partial charge in [0.1, 0.15) is 11.2 Å². The molecule has 1 atom stereocenters. The fraction of sp³-hybridized carbons (Fsp3) is 0.429.